The van der Waals surface area contributed by atoms with E-state index >= 15 is 0 Å². The van der Waals surface area contributed by atoms with Crippen LogP contribution in [0.15, 0.2) is 11.6 Å². The van der Waals surface area contributed by atoms with Gasteiger partial charge in [-0.3, -0.25) is 4.79 Å². The molecule has 2 unspecified atom stereocenters. The number of aromatic nitrogens is 1. The molecule has 0 aliphatic carbocycles. The minimum Gasteiger partial charge on any atom is -0.332 e. The van der Waals surface area contributed by atoms with Crippen molar-refractivity contribution in [3.8, 4) is 0 Å². The molecule has 1 amide bonds. The second kappa shape index (κ2) is 5.27. The molecule has 16 heavy (non-hydrogen) atoms. The molecule has 1 aromatic rings. The number of carbonyl (C=O) groups is 1. The van der Waals surface area contributed by atoms with Gasteiger partial charge in [-0.15, -0.1) is 11.3 Å². The Kier molecular flexibility index (Phi) is 3.97. The Bertz CT molecular complexity index is 355. The molecule has 0 N–H and O–H groups in total. The maximum Gasteiger partial charge on any atom is 0.236 e. The summed E-state index contributed by atoms with van der Waals surface area (Å²) in [7, 11) is 0. The number of halogens is 1. The Morgan fingerprint density at radius 1 is 1.75 bits per heavy atom. The molecule has 1 fully saturated rings. The van der Waals surface area contributed by atoms with E-state index < -0.39 is 0 Å². The average molecular weight is 303 g/mol. The normalized spacial score (nSPS) is 23.5. The first-order valence-electron chi connectivity index (χ1n) is 5.58. The molecule has 5 heteroatoms. The number of amides is 1. The summed E-state index contributed by atoms with van der Waals surface area (Å²) in [5.74, 6) is 0.216. The highest BCUT2D eigenvalue weighted by molar-refractivity contribution is 9.10. The lowest BCUT2D eigenvalue weighted by Crippen LogP contribution is -2.43. The van der Waals surface area contributed by atoms with Gasteiger partial charge in [-0.2, -0.15) is 0 Å². The number of rotatable bonds is 3. The van der Waals surface area contributed by atoms with Crippen molar-refractivity contribution in [2.45, 2.75) is 37.1 Å². The van der Waals surface area contributed by atoms with Gasteiger partial charge in [0.05, 0.1) is 10.9 Å². The summed E-state index contributed by atoms with van der Waals surface area (Å²) in [6, 6.07) is 0.160. The van der Waals surface area contributed by atoms with Crippen LogP contribution in [0.5, 0.6) is 0 Å². The van der Waals surface area contributed by atoms with Crippen LogP contribution in [0.2, 0.25) is 0 Å². The van der Waals surface area contributed by atoms with Crippen LogP contribution in [0, 0.1) is 0 Å². The Morgan fingerprint density at radius 3 is 3.19 bits per heavy atom. The van der Waals surface area contributed by atoms with E-state index in [0.29, 0.717) is 0 Å². The minimum atomic E-state index is -0.00439. The fraction of sp³-hybridized carbons (Fsp3) is 0.636. The number of thiazole rings is 1. The zero-order valence-corrected chi connectivity index (χ0v) is 11.6. The Balaban J connectivity index is 2.18. The second-order valence-electron chi connectivity index (χ2n) is 3.94. The maximum absolute atomic E-state index is 12.1. The standard InChI is InChI=1S/C11H15BrN2OS/c1-2-9(10-13-5-7-16-10)14-6-3-4-8(12)11(14)15/h5,7-9H,2-4,6H2,1H3. The Labute approximate surface area is 108 Å². The monoisotopic (exact) mass is 302 g/mol. The topological polar surface area (TPSA) is 33.2 Å². The fourth-order valence-electron chi connectivity index (χ4n) is 2.09. The van der Waals surface area contributed by atoms with E-state index in [4.69, 9.17) is 0 Å². The molecule has 1 aromatic heterocycles. The summed E-state index contributed by atoms with van der Waals surface area (Å²) in [6.07, 6.45) is 4.76. The number of likely N-dealkylation sites (tertiary alicyclic amines) is 1. The first-order valence-corrected chi connectivity index (χ1v) is 7.37. The van der Waals surface area contributed by atoms with Gasteiger partial charge >= 0.3 is 0 Å². The van der Waals surface area contributed by atoms with Crippen LogP contribution >= 0.6 is 27.3 Å². The number of hydrogen-bond donors (Lipinski definition) is 0. The van der Waals surface area contributed by atoms with E-state index in [1.807, 2.05) is 16.5 Å². The van der Waals surface area contributed by atoms with Crippen molar-refractivity contribution in [3.05, 3.63) is 16.6 Å². The van der Waals surface area contributed by atoms with Gasteiger partial charge in [0.2, 0.25) is 5.91 Å². The van der Waals surface area contributed by atoms with Crippen LogP contribution in [0.4, 0.5) is 0 Å². The Morgan fingerprint density at radius 2 is 2.56 bits per heavy atom. The molecular weight excluding hydrogens is 288 g/mol. The number of carbonyl (C=O) groups excluding carboxylic acids is 1. The summed E-state index contributed by atoms with van der Waals surface area (Å²) in [5, 5.41) is 3.02. The van der Waals surface area contributed by atoms with E-state index in [1.165, 1.54) is 0 Å². The lowest BCUT2D eigenvalue weighted by molar-refractivity contribution is -0.135. The van der Waals surface area contributed by atoms with Gasteiger partial charge in [-0.05, 0) is 19.3 Å². The molecule has 0 saturated carbocycles. The molecule has 2 atom stereocenters. The third kappa shape index (κ3) is 2.30. The molecule has 88 valence electrons. The van der Waals surface area contributed by atoms with Crippen molar-refractivity contribution in [1.82, 2.24) is 9.88 Å². The zero-order chi connectivity index (χ0) is 11.5. The lowest BCUT2D eigenvalue weighted by atomic mass is 10.1. The van der Waals surface area contributed by atoms with E-state index in [0.717, 1.165) is 30.8 Å². The van der Waals surface area contributed by atoms with Crippen molar-refractivity contribution in [2.75, 3.05) is 6.54 Å². The highest BCUT2D eigenvalue weighted by Crippen LogP contribution is 2.31. The molecular formula is C11H15BrN2OS. The predicted octanol–water partition coefficient (Wildman–Crippen LogP) is 2.98. The molecule has 1 aliphatic rings. The lowest BCUT2D eigenvalue weighted by Gasteiger charge is -2.35. The maximum atomic E-state index is 12.1. The minimum absolute atomic E-state index is 0.00439. The molecule has 0 spiro atoms. The van der Waals surface area contributed by atoms with Gasteiger partial charge < -0.3 is 4.90 Å². The number of piperidine rings is 1. The average Bonchev–Trinajstić information content (AvgIpc) is 2.79. The third-order valence-corrected chi connectivity index (χ3v) is 4.63. The van der Waals surface area contributed by atoms with Crippen molar-refractivity contribution in [3.63, 3.8) is 0 Å². The largest absolute Gasteiger partial charge is 0.332 e. The van der Waals surface area contributed by atoms with Gasteiger partial charge in [-0.25, -0.2) is 4.98 Å². The van der Waals surface area contributed by atoms with Crippen molar-refractivity contribution >= 4 is 33.2 Å². The van der Waals surface area contributed by atoms with Crippen molar-refractivity contribution < 1.29 is 4.79 Å². The number of nitrogens with zero attached hydrogens (tertiary/aromatic N) is 2. The molecule has 2 heterocycles. The van der Waals surface area contributed by atoms with Crippen molar-refractivity contribution in [2.24, 2.45) is 0 Å². The second-order valence-corrected chi connectivity index (χ2v) is 5.97. The predicted molar refractivity (Wildman–Crippen MR) is 68.8 cm³/mol. The van der Waals surface area contributed by atoms with Gasteiger partial charge in [0.15, 0.2) is 0 Å². The quantitative estimate of drug-likeness (QED) is 0.804. The molecule has 0 bridgehead atoms. The SMILES string of the molecule is CCC(c1nccs1)N1CCCC(Br)C1=O. The number of alkyl halides is 1. The van der Waals surface area contributed by atoms with Crippen LogP contribution in [-0.2, 0) is 4.79 Å². The van der Waals surface area contributed by atoms with E-state index in [2.05, 4.69) is 27.8 Å². The molecule has 1 aliphatic heterocycles. The highest BCUT2D eigenvalue weighted by Gasteiger charge is 2.32. The van der Waals surface area contributed by atoms with E-state index in [-0.39, 0.29) is 16.8 Å². The van der Waals surface area contributed by atoms with Crippen LogP contribution in [0.1, 0.15) is 37.2 Å². The molecule has 3 nitrogen and oxygen atoms in total. The molecule has 1 saturated heterocycles. The summed E-state index contributed by atoms with van der Waals surface area (Å²) in [4.78, 5) is 18.4. The van der Waals surface area contributed by atoms with Crippen LogP contribution in [0.3, 0.4) is 0 Å². The summed E-state index contributed by atoms with van der Waals surface area (Å²) in [6.45, 7) is 2.97. The van der Waals surface area contributed by atoms with Gasteiger partial charge in [0.25, 0.3) is 0 Å². The van der Waals surface area contributed by atoms with E-state index in [1.54, 1.807) is 11.3 Å². The first-order chi connectivity index (χ1) is 7.74. The zero-order valence-electron chi connectivity index (χ0n) is 9.23. The summed E-state index contributed by atoms with van der Waals surface area (Å²) < 4.78 is 0. The van der Waals surface area contributed by atoms with Crippen LogP contribution in [-0.4, -0.2) is 27.2 Å². The van der Waals surface area contributed by atoms with E-state index in [9.17, 15) is 4.79 Å². The van der Waals surface area contributed by atoms with Crippen LogP contribution in [0.25, 0.3) is 0 Å². The number of hydrogen-bond acceptors (Lipinski definition) is 3. The molecule has 0 aromatic carbocycles. The van der Waals surface area contributed by atoms with Crippen molar-refractivity contribution in [1.29, 1.82) is 0 Å². The Hall–Kier alpha value is -0.420. The molecule has 0 radical (unpaired) electrons. The van der Waals surface area contributed by atoms with Gasteiger partial charge in [0, 0.05) is 18.1 Å². The third-order valence-electron chi connectivity index (χ3n) is 2.91. The van der Waals surface area contributed by atoms with Gasteiger partial charge in [0.1, 0.15) is 5.01 Å². The van der Waals surface area contributed by atoms with Gasteiger partial charge in [-0.1, -0.05) is 22.9 Å². The molecule has 2 rings (SSSR count). The summed E-state index contributed by atoms with van der Waals surface area (Å²) >= 11 is 5.08. The highest BCUT2D eigenvalue weighted by atomic mass is 79.9. The fourth-order valence-corrected chi connectivity index (χ4v) is 3.51. The van der Waals surface area contributed by atoms with Crippen LogP contribution < -0.4 is 0 Å². The first kappa shape index (κ1) is 12.0. The smallest absolute Gasteiger partial charge is 0.236 e. The summed E-state index contributed by atoms with van der Waals surface area (Å²) in [5.41, 5.74) is 0.